The molecule has 1 aromatic rings. The van der Waals surface area contributed by atoms with Crippen LogP contribution in [0.3, 0.4) is 0 Å². The predicted molar refractivity (Wildman–Crippen MR) is 98.9 cm³/mol. The maximum atomic E-state index is 12.0. The highest BCUT2D eigenvalue weighted by Crippen LogP contribution is 2.15. The fourth-order valence-electron chi connectivity index (χ4n) is 1.59. The maximum absolute atomic E-state index is 12.0. The first kappa shape index (κ1) is 19.5. The molecule has 0 saturated carbocycles. The van der Waals surface area contributed by atoms with Crippen molar-refractivity contribution in [3.63, 3.8) is 0 Å². The van der Waals surface area contributed by atoms with Crippen molar-refractivity contribution in [2.75, 3.05) is 7.11 Å². The number of carbonyl (C=O) groups excluding carboxylic acids is 1. The Morgan fingerprint density at radius 2 is 1.56 bits per heavy atom. The lowest BCUT2D eigenvalue weighted by atomic mass is 10.1. The molecule has 0 aliphatic carbocycles. The molecule has 0 bridgehead atoms. The summed E-state index contributed by atoms with van der Waals surface area (Å²) in [5, 5.41) is 8.64. The van der Waals surface area contributed by atoms with Gasteiger partial charge in [0, 0.05) is 5.57 Å². The fourth-order valence-corrected chi connectivity index (χ4v) is 1.59. The zero-order valence-corrected chi connectivity index (χ0v) is 14.1. The molecule has 0 atom stereocenters. The fraction of sp³-hybridized carbons (Fsp3) is 0.0476. The molecule has 0 aliphatic rings. The largest absolute Gasteiger partial charge is 0.497 e. The van der Waals surface area contributed by atoms with E-state index >= 15 is 0 Å². The van der Waals surface area contributed by atoms with Crippen LogP contribution in [0.25, 0.3) is 0 Å². The minimum Gasteiger partial charge on any atom is -0.497 e. The molecule has 0 fully saturated rings. The number of hydrogen-bond donors (Lipinski definition) is 0. The van der Waals surface area contributed by atoms with Crippen molar-refractivity contribution >= 4 is 5.97 Å². The molecule has 4 heteroatoms. The Kier molecular flexibility index (Phi) is 7.42. The maximum Gasteiger partial charge on any atom is 0.343 e. The zero-order valence-electron chi connectivity index (χ0n) is 14.1. The number of methoxy groups -OCH3 is 1. The molecule has 0 saturated heterocycles. The Bertz CT molecular complexity index is 803. The number of carbonyl (C=O) groups is 1. The van der Waals surface area contributed by atoms with Gasteiger partial charge in [-0.05, 0) is 47.6 Å². The molecule has 0 amide bonds. The van der Waals surface area contributed by atoms with E-state index in [0.29, 0.717) is 28.0 Å². The van der Waals surface area contributed by atoms with Gasteiger partial charge in [-0.15, -0.1) is 0 Å². The van der Waals surface area contributed by atoms with Crippen LogP contribution in [0, 0.1) is 11.3 Å². The van der Waals surface area contributed by atoms with Gasteiger partial charge in [0.25, 0.3) is 0 Å². The summed E-state index contributed by atoms with van der Waals surface area (Å²) in [6, 6.07) is 8.45. The van der Waals surface area contributed by atoms with E-state index < -0.39 is 5.97 Å². The molecule has 1 aromatic carbocycles. The van der Waals surface area contributed by atoms with Gasteiger partial charge in [0.1, 0.15) is 11.5 Å². The number of esters is 1. The van der Waals surface area contributed by atoms with Crippen LogP contribution in [0.5, 0.6) is 5.75 Å². The van der Waals surface area contributed by atoms with E-state index in [1.165, 1.54) is 6.08 Å². The van der Waals surface area contributed by atoms with Crippen LogP contribution in [0.2, 0.25) is 0 Å². The van der Waals surface area contributed by atoms with E-state index in [9.17, 15) is 4.79 Å². The van der Waals surface area contributed by atoms with Crippen molar-refractivity contribution in [2.45, 2.75) is 0 Å². The average Bonchev–Trinajstić information content (AvgIpc) is 2.63. The number of benzene rings is 1. The van der Waals surface area contributed by atoms with Crippen molar-refractivity contribution in [1.29, 1.82) is 5.26 Å². The molecule has 0 spiro atoms. The summed E-state index contributed by atoms with van der Waals surface area (Å²) in [5.74, 6) is 0.296. The highest BCUT2D eigenvalue weighted by molar-refractivity contribution is 5.90. The van der Waals surface area contributed by atoms with Crippen LogP contribution >= 0.6 is 0 Å². The van der Waals surface area contributed by atoms with Gasteiger partial charge in [0.05, 0.1) is 18.7 Å². The smallest absolute Gasteiger partial charge is 0.343 e. The third-order valence-electron chi connectivity index (χ3n) is 3.06. The Labute approximate surface area is 148 Å². The van der Waals surface area contributed by atoms with Gasteiger partial charge in [-0.25, -0.2) is 4.79 Å². The predicted octanol–water partition coefficient (Wildman–Crippen LogP) is 4.67. The van der Waals surface area contributed by atoms with Crippen molar-refractivity contribution in [3.05, 3.63) is 103 Å². The number of hydrogen-bond acceptors (Lipinski definition) is 4. The molecule has 4 nitrogen and oxygen atoms in total. The summed E-state index contributed by atoms with van der Waals surface area (Å²) in [6.45, 7) is 14.9. The molecular formula is C21H19NO3. The second-order valence-corrected chi connectivity index (χ2v) is 4.94. The van der Waals surface area contributed by atoms with Gasteiger partial charge in [-0.1, -0.05) is 38.5 Å². The van der Waals surface area contributed by atoms with E-state index in [0.717, 1.165) is 0 Å². The lowest BCUT2D eigenvalue weighted by molar-refractivity contribution is 0.0638. The summed E-state index contributed by atoms with van der Waals surface area (Å²) in [5.41, 5.74) is 1.89. The van der Waals surface area contributed by atoms with Gasteiger partial charge >= 0.3 is 5.97 Å². The summed E-state index contributed by atoms with van der Waals surface area (Å²) in [7, 11) is 1.55. The Morgan fingerprint density at radius 3 is 2.08 bits per heavy atom. The number of nitriles is 1. The standard InChI is InChI=1S/C21H19NO3/c1-15(14-22)6-7-16(2)17(3)8-9-18(4)25-21(23)19-10-12-20(24-5)13-11-19/h6-13H,1-4H2,5H3/b7-6-,9-8-. The van der Waals surface area contributed by atoms with E-state index in [2.05, 4.69) is 26.3 Å². The molecule has 1 rings (SSSR count). The number of allylic oxidation sites excluding steroid dienone is 7. The minimum absolute atomic E-state index is 0.167. The summed E-state index contributed by atoms with van der Waals surface area (Å²) in [4.78, 5) is 12.0. The van der Waals surface area contributed by atoms with Crippen LogP contribution in [-0.2, 0) is 4.74 Å². The minimum atomic E-state index is -0.521. The first-order valence-corrected chi connectivity index (χ1v) is 7.26. The number of ether oxygens (including phenoxy) is 2. The van der Waals surface area contributed by atoms with E-state index in [1.807, 2.05) is 6.07 Å². The molecule has 0 radical (unpaired) electrons. The number of rotatable bonds is 8. The normalized spacial score (nSPS) is 10.2. The lowest BCUT2D eigenvalue weighted by Gasteiger charge is -2.05. The van der Waals surface area contributed by atoms with Gasteiger partial charge < -0.3 is 9.47 Å². The quantitative estimate of drug-likeness (QED) is 0.300. The Morgan fingerprint density at radius 1 is 1.00 bits per heavy atom. The first-order valence-electron chi connectivity index (χ1n) is 7.26. The molecular weight excluding hydrogens is 314 g/mol. The van der Waals surface area contributed by atoms with Gasteiger partial charge in [0.2, 0.25) is 0 Å². The van der Waals surface area contributed by atoms with Gasteiger partial charge in [-0.2, -0.15) is 5.26 Å². The van der Waals surface area contributed by atoms with E-state index in [1.54, 1.807) is 49.6 Å². The monoisotopic (exact) mass is 333 g/mol. The van der Waals surface area contributed by atoms with Crippen molar-refractivity contribution in [3.8, 4) is 11.8 Å². The molecule has 0 aromatic heterocycles. The SMILES string of the molecule is C=C(C#N)/C=C\C(=C)C(=C)/C=C\C(=C)OC(=O)c1ccc(OC)cc1. The Hall–Kier alpha value is -3.58. The summed E-state index contributed by atoms with van der Waals surface area (Å²) >= 11 is 0. The highest BCUT2D eigenvalue weighted by Gasteiger charge is 2.08. The second-order valence-electron chi connectivity index (χ2n) is 4.94. The molecule has 0 heterocycles. The van der Waals surface area contributed by atoms with Crippen molar-refractivity contribution in [2.24, 2.45) is 0 Å². The average molecular weight is 333 g/mol. The second kappa shape index (κ2) is 9.53. The van der Waals surface area contributed by atoms with Crippen LogP contribution in [0.4, 0.5) is 0 Å². The lowest BCUT2D eigenvalue weighted by Crippen LogP contribution is -2.03. The molecule has 0 aliphatic heterocycles. The first-order chi connectivity index (χ1) is 11.9. The van der Waals surface area contributed by atoms with E-state index in [4.69, 9.17) is 14.7 Å². The molecule has 0 N–H and O–H groups in total. The van der Waals surface area contributed by atoms with E-state index in [-0.39, 0.29) is 5.76 Å². The molecule has 0 unspecified atom stereocenters. The van der Waals surface area contributed by atoms with Crippen molar-refractivity contribution in [1.82, 2.24) is 0 Å². The van der Waals surface area contributed by atoms with Crippen LogP contribution < -0.4 is 4.74 Å². The Balaban J connectivity index is 2.61. The van der Waals surface area contributed by atoms with Gasteiger partial charge in [0.15, 0.2) is 0 Å². The molecule has 126 valence electrons. The van der Waals surface area contributed by atoms with Gasteiger partial charge in [-0.3, -0.25) is 0 Å². The summed E-state index contributed by atoms with van der Waals surface area (Å²) < 4.78 is 10.2. The van der Waals surface area contributed by atoms with Crippen LogP contribution in [0.1, 0.15) is 10.4 Å². The number of nitrogens with zero attached hydrogens (tertiary/aromatic N) is 1. The third-order valence-corrected chi connectivity index (χ3v) is 3.06. The van der Waals surface area contributed by atoms with Crippen LogP contribution in [0.15, 0.2) is 97.4 Å². The highest BCUT2D eigenvalue weighted by atomic mass is 16.5. The third kappa shape index (κ3) is 6.59. The molecule has 25 heavy (non-hydrogen) atoms. The topological polar surface area (TPSA) is 59.3 Å². The van der Waals surface area contributed by atoms with Crippen LogP contribution in [-0.4, -0.2) is 13.1 Å². The van der Waals surface area contributed by atoms with Crippen molar-refractivity contribution < 1.29 is 14.3 Å². The summed E-state index contributed by atoms with van der Waals surface area (Å²) in [6.07, 6.45) is 6.30. The zero-order chi connectivity index (χ0) is 18.8.